The predicted molar refractivity (Wildman–Crippen MR) is 98.4 cm³/mol. The molecule has 0 spiro atoms. The van der Waals surface area contributed by atoms with Crippen LogP contribution in [0.5, 0.6) is 0 Å². The minimum absolute atomic E-state index is 0.120. The number of aromatic nitrogens is 1. The molecule has 5 nitrogen and oxygen atoms in total. The van der Waals surface area contributed by atoms with Crippen molar-refractivity contribution in [1.82, 2.24) is 9.88 Å². The van der Waals surface area contributed by atoms with E-state index in [0.29, 0.717) is 6.42 Å². The summed E-state index contributed by atoms with van der Waals surface area (Å²) in [6.45, 7) is 4.16. The van der Waals surface area contributed by atoms with Crippen molar-refractivity contribution in [3.8, 4) is 0 Å². The average molecular weight is 330 g/mol. The van der Waals surface area contributed by atoms with Crippen molar-refractivity contribution in [3.63, 3.8) is 0 Å². The summed E-state index contributed by atoms with van der Waals surface area (Å²) in [7, 11) is 2.15. The van der Waals surface area contributed by atoms with Crippen LogP contribution in [0.4, 0.5) is 11.5 Å². The molecule has 0 bridgehead atoms. The lowest BCUT2D eigenvalue weighted by molar-refractivity contribution is -0.116. The highest BCUT2D eigenvalue weighted by molar-refractivity contribution is 5.90. The van der Waals surface area contributed by atoms with Crippen molar-refractivity contribution in [2.75, 3.05) is 43.4 Å². The van der Waals surface area contributed by atoms with Gasteiger partial charge in [0.25, 0.3) is 0 Å². The second-order valence-electron chi connectivity index (χ2n) is 7.29. The van der Waals surface area contributed by atoms with E-state index < -0.39 is 0 Å². The van der Waals surface area contributed by atoms with Gasteiger partial charge < -0.3 is 15.1 Å². The van der Waals surface area contributed by atoms with E-state index in [1.165, 1.54) is 32.1 Å². The van der Waals surface area contributed by atoms with Crippen LogP contribution in [0.2, 0.25) is 0 Å². The van der Waals surface area contributed by atoms with E-state index in [1.807, 2.05) is 12.1 Å². The van der Waals surface area contributed by atoms with Gasteiger partial charge in [-0.2, -0.15) is 0 Å². The number of carbonyl (C=O) groups excluding carboxylic acids is 1. The second-order valence-corrected chi connectivity index (χ2v) is 7.29. The molecule has 2 fully saturated rings. The van der Waals surface area contributed by atoms with Crippen LogP contribution in [0.3, 0.4) is 0 Å². The van der Waals surface area contributed by atoms with Crippen molar-refractivity contribution in [2.45, 2.75) is 44.9 Å². The van der Waals surface area contributed by atoms with E-state index in [0.717, 1.165) is 50.0 Å². The smallest absolute Gasteiger partial charge is 0.224 e. The zero-order valence-electron chi connectivity index (χ0n) is 14.8. The third-order valence-corrected chi connectivity index (χ3v) is 5.36. The highest BCUT2D eigenvalue weighted by atomic mass is 16.1. The van der Waals surface area contributed by atoms with Crippen molar-refractivity contribution in [3.05, 3.63) is 18.3 Å². The Morgan fingerprint density at radius 2 is 1.92 bits per heavy atom. The number of piperazine rings is 1. The molecule has 0 atom stereocenters. The van der Waals surface area contributed by atoms with Crippen LogP contribution in [-0.2, 0) is 4.79 Å². The Balaban J connectivity index is 1.44. The van der Waals surface area contributed by atoms with E-state index in [4.69, 9.17) is 0 Å². The number of hydrogen-bond acceptors (Lipinski definition) is 4. The van der Waals surface area contributed by atoms with Crippen molar-refractivity contribution >= 4 is 17.4 Å². The number of carbonyl (C=O) groups is 1. The quantitative estimate of drug-likeness (QED) is 0.901. The molecule has 0 unspecified atom stereocenters. The summed E-state index contributed by atoms with van der Waals surface area (Å²) in [6, 6.07) is 3.99. The molecule has 1 aromatic heterocycles. The molecule has 1 aromatic rings. The van der Waals surface area contributed by atoms with Crippen LogP contribution < -0.4 is 10.2 Å². The largest absolute Gasteiger partial charge is 0.354 e. The van der Waals surface area contributed by atoms with Gasteiger partial charge >= 0.3 is 0 Å². The first-order valence-corrected chi connectivity index (χ1v) is 9.40. The number of rotatable bonds is 5. The standard InChI is InChI=1S/C19H30N4O/c1-22-11-13-23(14-12-22)18-9-8-17(15-20-18)21-19(24)10-7-16-5-3-2-4-6-16/h8-9,15-16H,2-7,10-14H2,1H3,(H,21,24). The average Bonchev–Trinajstić information content (AvgIpc) is 2.62. The molecule has 2 aliphatic rings. The number of hydrogen-bond donors (Lipinski definition) is 1. The fraction of sp³-hybridized carbons (Fsp3) is 0.684. The van der Waals surface area contributed by atoms with Gasteiger partial charge in [0.05, 0.1) is 11.9 Å². The Morgan fingerprint density at radius 3 is 2.58 bits per heavy atom. The topological polar surface area (TPSA) is 48.5 Å². The second kappa shape index (κ2) is 8.47. The summed E-state index contributed by atoms with van der Waals surface area (Å²) in [6.07, 6.45) is 10.1. The summed E-state index contributed by atoms with van der Waals surface area (Å²) >= 11 is 0. The minimum Gasteiger partial charge on any atom is -0.354 e. The lowest BCUT2D eigenvalue weighted by atomic mass is 9.86. The molecule has 1 amide bonds. The summed E-state index contributed by atoms with van der Waals surface area (Å²) < 4.78 is 0. The highest BCUT2D eigenvalue weighted by Crippen LogP contribution is 2.27. The van der Waals surface area contributed by atoms with E-state index in [9.17, 15) is 4.79 Å². The molecule has 1 N–H and O–H groups in total. The zero-order valence-corrected chi connectivity index (χ0v) is 14.8. The van der Waals surface area contributed by atoms with Crippen LogP contribution in [0, 0.1) is 5.92 Å². The van der Waals surface area contributed by atoms with Gasteiger partial charge in [0, 0.05) is 32.6 Å². The molecule has 1 aliphatic heterocycles. The molecule has 1 saturated heterocycles. The van der Waals surface area contributed by atoms with Gasteiger partial charge in [0.15, 0.2) is 0 Å². The number of nitrogens with zero attached hydrogens (tertiary/aromatic N) is 3. The van der Waals surface area contributed by atoms with Crippen molar-refractivity contribution < 1.29 is 4.79 Å². The Morgan fingerprint density at radius 1 is 1.17 bits per heavy atom. The first-order valence-electron chi connectivity index (χ1n) is 9.40. The van der Waals surface area contributed by atoms with E-state index in [-0.39, 0.29) is 5.91 Å². The SMILES string of the molecule is CN1CCN(c2ccc(NC(=O)CCC3CCCCC3)cn2)CC1. The lowest BCUT2D eigenvalue weighted by Crippen LogP contribution is -2.44. The monoisotopic (exact) mass is 330 g/mol. The minimum atomic E-state index is 0.120. The maximum Gasteiger partial charge on any atom is 0.224 e. The van der Waals surface area contributed by atoms with Crippen LogP contribution in [0.15, 0.2) is 18.3 Å². The zero-order chi connectivity index (χ0) is 16.8. The number of pyridine rings is 1. The van der Waals surface area contributed by atoms with Gasteiger partial charge in [-0.25, -0.2) is 4.98 Å². The Kier molecular flexibility index (Phi) is 6.07. The maximum atomic E-state index is 12.1. The molecule has 24 heavy (non-hydrogen) atoms. The fourth-order valence-electron chi connectivity index (χ4n) is 3.72. The van der Waals surface area contributed by atoms with Gasteiger partial charge in [-0.3, -0.25) is 4.79 Å². The maximum absolute atomic E-state index is 12.1. The van der Waals surface area contributed by atoms with E-state index in [2.05, 4.69) is 27.1 Å². The molecule has 132 valence electrons. The molecule has 2 heterocycles. The third kappa shape index (κ3) is 4.94. The van der Waals surface area contributed by atoms with Crippen LogP contribution in [-0.4, -0.2) is 49.0 Å². The predicted octanol–water partition coefficient (Wildman–Crippen LogP) is 3.13. The van der Waals surface area contributed by atoms with Crippen LogP contribution in [0.1, 0.15) is 44.9 Å². The van der Waals surface area contributed by atoms with Crippen LogP contribution >= 0.6 is 0 Å². The molecular formula is C19H30N4O. The molecule has 0 aromatic carbocycles. The van der Waals surface area contributed by atoms with Crippen LogP contribution in [0.25, 0.3) is 0 Å². The van der Waals surface area contributed by atoms with Gasteiger partial charge in [-0.05, 0) is 31.5 Å². The number of likely N-dealkylation sites (N-methyl/N-ethyl adjacent to an activating group) is 1. The van der Waals surface area contributed by atoms with Gasteiger partial charge in [0.2, 0.25) is 5.91 Å². The molecule has 1 saturated carbocycles. The Hall–Kier alpha value is -1.62. The van der Waals surface area contributed by atoms with Crippen molar-refractivity contribution in [2.24, 2.45) is 5.92 Å². The molecule has 5 heteroatoms. The molecule has 1 aliphatic carbocycles. The molecule has 0 radical (unpaired) electrons. The number of anilines is 2. The normalized spacial score (nSPS) is 20.1. The summed E-state index contributed by atoms with van der Waals surface area (Å²) in [5.41, 5.74) is 0.807. The number of amides is 1. The van der Waals surface area contributed by atoms with Crippen molar-refractivity contribution in [1.29, 1.82) is 0 Å². The Bertz CT molecular complexity index is 517. The first kappa shape index (κ1) is 17.2. The lowest BCUT2D eigenvalue weighted by Gasteiger charge is -2.33. The summed E-state index contributed by atoms with van der Waals surface area (Å²) in [5, 5.41) is 2.99. The molecular weight excluding hydrogens is 300 g/mol. The van der Waals surface area contributed by atoms with Gasteiger partial charge in [0.1, 0.15) is 5.82 Å². The van der Waals surface area contributed by atoms with E-state index >= 15 is 0 Å². The third-order valence-electron chi connectivity index (χ3n) is 5.36. The first-order chi connectivity index (χ1) is 11.7. The molecule has 3 rings (SSSR count). The Labute approximate surface area is 145 Å². The van der Waals surface area contributed by atoms with Gasteiger partial charge in [-0.15, -0.1) is 0 Å². The highest BCUT2D eigenvalue weighted by Gasteiger charge is 2.16. The van der Waals surface area contributed by atoms with E-state index in [1.54, 1.807) is 6.20 Å². The fourth-order valence-corrected chi connectivity index (χ4v) is 3.72. The summed E-state index contributed by atoms with van der Waals surface area (Å²) in [5.74, 6) is 1.88. The number of nitrogens with one attached hydrogen (secondary N) is 1. The van der Waals surface area contributed by atoms with Gasteiger partial charge in [-0.1, -0.05) is 32.1 Å². The summed E-state index contributed by atoms with van der Waals surface area (Å²) in [4.78, 5) is 21.3.